The van der Waals surface area contributed by atoms with Crippen molar-refractivity contribution in [2.45, 2.75) is 58.6 Å². The van der Waals surface area contributed by atoms with E-state index in [1.807, 2.05) is 17.6 Å². The van der Waals surface area contributed by atoms with Gasteiger partial charge in [-0.3, -0.25) is 0 Å². The van der Waals surface area contributed by atoms with Crippen LogP contribution in [0.3, 0.4) is 0 Å². The van der Waals surface area contributed by atoms with Gasteiger partial charge in [-0.1, -0.05) is 32.9 Å². The highest BCUT2D eigenvalue weighted by molar-refractivity contribution is 5.83. The van der Waals surface area contributed by atoms with E-state index in [2.05, 4.69) is 52.8 Å². The number of aliphatic hydroxyl groups excluding tert-OH is 1. The van der Waals surface area contributed by atoms with Crippen molar-refractivity contribution in [3.05, 3.63) is 42.0 Å². The zero-order chi connectivity index (χ0) is 21.3. The molecule has 0 bridgehead atoms. The first-order chi connectivity index (χ1) is 14.3. The second kappa shape index (κ2) is 8.22. The lowest BCUT2D eigenvalue weighted by Gasteiger charge is -2.21. The quantitative estimate of drug-likeness (QED) is 0.672. The molecule has 1 atom stereocenters. The monoisotopic (exact) mass is 409 g/mol. The van der Waals surface area contributed by atoms with Gasteiger partial charge in [0.1, 0.15) is 24.8 Å². The number of benzene rings is 1. The number of fused-ring (bicyclic) bond motifs is 1. The topological polar surface area (TPSA) is 76.3 Å². The average molecular weight is 410 g/mol. The van der Waals surface area contributed by atoms with Gasteiger partial charge in [-0.25, -0.2) is 15.0 Å². The second-order valence-corrected chi connectivity index (χ2v) is 9.16. The van der Waals surface area contributed by atoms with Crippen molar-refractivity contribution >= 4 is 17.0 Å². The second-order valence-electron chi connectivity index (χ2n) is 9.16. The Balaban J connectivity index is 1.43. The Morgan fingerprint density at radius 2 is 1.90 bits per heavy atom. The van der Waals surface area contributed by atoms with E-state index in [1.165, 1.54) is 18.4 Å². The van der Waals surface area contributed by atoms with E-state index in [-0.39, 0.29) is 12.0 Å². The summed E-state index contributed by atoms with van der Waals surface area (Å²) in [6.45, 7) is 11.2. The van der Waals surface area contributed by atoms with Gasteiger partial charge >= 0.3 is 0 Å². The first kappa shape index (κ1) is 20.6. The van der Waals surface area contributed by atoms with E-state index < -0.39 is 6.10 Å². The molecule has 0 radical (unpaired) electrons. The molecule has 3 aromatic rings. The molecule has 0 spiro atoms. The maximum Gasteiger partial charge on any atom is 0.165 e. The van der Waals surface area contributed by atoms with Crippen molar-refractivity contribution in [3.8, 4) is 5.75 Å². The van der Waals surface area contributed by atoms with E-state index in [9.17, 15) is 5.11 Å². The Hall–Kier alpha value is -2.67. The number of aromatic nitrogens is 4. The van der Waals surface area contributed by atoms with E-state index >= 15 is 0 Å². The van der Waals surface area contributed by atoms with E-state index in [4.69, 9.17) is 4.74 Å². The Labute approximate surface area is 177 Å². The van der Waals surface area contributed by atoms with Crippen molar-refractivity contribution in [2.24, 2.45) is 0 Å². The van der Waals surface area contributed by atoms with Gasteiger partial charge in [0.25, 0.3) is 0 Å². The molecule has 0 saturated carbocycles. The standard InChI is InChI=1S/C23H31N5O2/c1-16-11-17(23(2,3)4)7-8-19(16)30-13-18(29)12-28-15-26-20-21(24-14-25-22(20)28)27-9-5-6-10-27/h7-8,11,14-15,18,29H,5-6,9-10,12-13H2,1-4H3/t18-/m1/s1. The SMILES string of the molecule is Cc1cc(C(C)(C)C)ccc1OC[C@H](O)Cn1cnc2c(N3CCCC3)ncnc21. The van der Waals surface area contributed by atoms with Gasteiger partial charge in [0, 0.05) is 13.1 Å². The zero-order valence-corrected chi connectivity index (χ0v) is 18.3. The largest absolute Gasteiger partial charge is 0.491 e. The summed E-state index contributed by atoms with van der Waals surface area (Å²) in [6, 6.07) is 6.24. The molecule has 2 aromatic heterocycles. The average Bonchev–Trinajstić information content (AvgIpc) is 3.36. The summed E-state index contributed by atoms with van der Waals surface area (Å²) in [4.78, 5) is 15.6. The number of aryl methyl sites for hydroxylation is 1. The van der Waals surface area contributed by atoms with Crippen LogP contribution in [0.2, 0.25) is 0 Å². The predicted molar refractivity (Wildman–Crippen MR) is 118 cm³/mol. The summed E-state index contributed by atoms with van der Waals surface area (Å²) in [6.07, 6.45) is 4.99. The minimum atomic E-state index is -0.672. The number of anilines is 1. The van der Waals surface area contributed by atoms with Crippen LogP contribution in [0.5, 0.6) is 5.75 Å². The zero-order valence-electron chi connectivity index (χ0n) is 18.3. The van der Waals surface area contributed by atoms with Gasteiger partial charge in [0.15, 0.2) is 17.0 Å². The fourth-order valence-electron chi connectivity index (χ4n) is 3.91. The molecule has 4 rings (SSSR count). The Kier molecular flexibility index (Phi) is 5.64. The molecular weight excluding hydrogens is 378 g/mol. The molecule has 1 saturated heterocycles. The molecule has 0 unspecified atom stereocenters. The number of imidazole rings is 1. The molecule has 1 fully saturated rings. The van der Waals surface area contributed by atoms with Crippen molar-refractivity contribution in [1.82, 2.24) is 19.5 Å². The maximum atomic E-state index is 10.6. The highest BCUT2D eigenvalue weighted by atomic mass is 16.5. The first-order valence-corrected chi connectivity index (χ1v) is 10.7. The Morgan fingerprint density at radius 3 is 2.60 bits per heavy atom. The third kappa shape index (κ3) is 4.26. The van der Waals surface area contributed by atoms with Crippen molar-refractivity contribution < 1.29 is 9.84 Å². The van der Waals surface area contributed by atoms with Gasteiger partial charge in [0.05, 0.1) is 12.9 Å². The summed E-state index contributed by atoms with van der Waals surface area (Å²) in [5, 5.41) is 10.6. The molecule has 1 aromatic carbocycles. The molecule has 0 aliphatic carbocycles. The number of hydrogen-bond acceptors (Lipinski definition) is 6. The molecule has 1 aliphatic heterocycles. The van der Waals surface area contributed by atoms with E-state index in [0.29, 0.717) is 6.54 Å². The van der Waals surface area contributed by atoms with Crippen LogP contribution < -0.4 is 9.64 Å². The minimum absolute atomic E-state index is 0.0983. The van der Waals surface area contributed by atoms with Crippen LogP contribution in [0.15, 0.2) is 30.9 Å². The fraction of sp³-hybridized carbons (Fsp3) is 0.522. The van der Waals surface area contributed by atoms with Crippen molar-refractivity contribution in [1.29, 1.82) is 0 Å². The number of nitrogens with zero attached hydrogens (tertiary/aromatic N) is 5. The van der Waals surface area contributed by atoms with Gasteiger partial charge < -0.3 is 19.3 Å². The third-order valence-electron chi connectivity index (χ3n) is 5.67. The van der Waals surface area contributed by atoms with Crippen LogP contribution in [0, 0.1) is 6.92 Å². The number of ether oxygens (including phenoxy) is 1. The summed E-state index contributed by atoms with van der Waals surface area (Å²) in [7, 11) is 0. The highest BCUT2D eigenvalue weighted by Crippen LogP contribution is 2.28. The van der Waals surface area contributed by atoms with Crippen molar-refractivity contribution in [3.63, 3.8) is 0 Å². The lowest BCUT2D eigenvalue weighted by atomic mass is 9.86. The lowest BCUT2D eigenvalue weighted by Crippen LogP contribution is -2.24. The number of aliphatic hydroxyl groups is 1. The molecular formula is C23H31N5O2. The van der Waals surface area contributed by atoms with E-state index in [0.717, 1.165) is 41.4 Å². The molecule has 7 nitrogen and oxygen atoms in total. The number of hydrogen-bond donors (Lipinski definition) is 1. The van der Waals surface area contributed by atoms with Gasteiger partial charge in [-0.15, -0.1) is 0 Å². The van der Waals surface area contributed by atoms with Crippen LogP contribution in [-0.4, -0.2) is 50.4 Å². The van der Waals surface area contributed by atoms with Crippen LogP contribution in [0.4, 0.5) is 5.82 Å². The molecule has 160 valence electrons. The maximum absolute atomic E-state index is 10.6. The van der Waals surface area contributed by atoms with Crippen molar-refractivity contribution in [2.75, 3.05) is 24.6 Å². The molecule has 3 heterocycles. The highest BCUT2D eigenvalue weighted by Gasteiger charge is 2.20. The van der Waals surface area contributed by atoms with Gasteiger partial charge in [-0.2, -0.15) is 0 Å². The van der Waals surface area contributed by atoms with Crippen LogP contribution in [0.1, 0.15) is 44.7 Å². The summed E-state index contributed by atoms with van der Waals surface area (Å²) in [5.74, 6) is 1.69. The fourth-order valence-corrected chi connectivity index (χ4v) is 3.91. The van der Waals surface area contributed by atoms with Crippen LogP contribution in [0.25, 0.3) is 11.2 Å². The normalized spacial score (nSPS) is 15.7. The van der Waals surface area contributed by atoms with E-state index in [1.54, 1.807) is 12.7 Å². The smallest absolute Gasteiger partial charge is 0.165 e. The summed E-state index contributed by atoms with van der Waals surface area (Å²) in [5.41, 5.74) is 3.98. The van der Waals surface area contributed by atoms with Gasteiger partial charge in [-0.05, 0) is 42.4 Å². The number of rotatable bonds is 6. The van der Waals surface area contributed by atoms with Gasteiger partial charge in [0.2, 0.25) is 0 Å². The first-order valence-electron chi connectivity index (χ1n) is 10.7. The Morgan fingerprint density at radius 1 is 1.13 bits per heavy atom. The molecule has 7 heteroatoms. The molecule has 30 heavy (non-hydrogen) atoms. The Bertz CT molecular complexity index is 1020. The predicted octanol–water partition coefficient (Wildman–Crippen LogP) is 3.47. The van der Waals surface area contributed by atoms with Crippen LogP contribution >= 0.6 is 0 Å². The minimum Gasteiger partial charge on any atom is -0.491 e. The molecule has 1 N–H and O–H groups in total. The molecule has 1 aliphatic rings. The molecule has 0 amide bonds. The summed E-state index contributed by atoms with van der Waals surface area (Å²) >= 11 is 0. The van der Waals surface area contributed by atoms with Crippen LogP contribution in [-0.2, 0) is 12.0 Å². The third-order valence-corrected chi connectivity index (χ3v) is 5.67. The summed E-state index contributed by atoms with van der Waals surface area (Å²) < 4.78 is 7.78. The lowest BCUT2D eigenvalue weighted by molar-refractivity contribution is 0.0929.